The van der Waals surface area contributed by atoms with Crippen LogP contribution in [0, 0.1) is 3.57 Å². The van der Waals surface area contributed by atoms with E-state index in [-0.39, 0.29) is 6.01 Å². The van der Waals surface area contributed by atoms with Crippen molar-refractivity contribution in [1.82, 2.24) is 15.0 Å². The molecule has 0 radical (unpaired) electrons. The zero-order valence-corrected chi connectivity index (χ0v) is 13.9. The Labute approximate surface area is 135 Å². The number of anilines is 3. The molecule has 20 heavy (non-hydrogen) atoms. The molecule has 0 saturated carbocycles. The van der Waals surface area contributed by atoms with E-state index in [1.54, 1.807) is 0 Å². The van der Waals surface area contributed by atoms with Gasteiger partial charge in [0.2, 0.25) is 11.9 Å². The number of rotatable bonds is 5. The first-order chi connectivity index (χ1) is 9.62. The average Bonchev–Trinajstić information content (AvgIpc) is 2.42. The summed E-state index contributed by atoms with van der Waals surface area (Å²) in [6.07, 6.45) is 0. The lowest BCUT2D eigenvalue weighted by Gasteiger charge is -2.10. The van der Waals surface area contributed by atoms with E-state index in [2.05, 4.69) is 48.2 Å². The molecule has 1 heterocycles. The van der Waals surface area contributed by atoms with Crippen molar-refractivity contribution < 1.29 is 4.74 Å². The Kier molecular flexibility index (Phi) is 5.18. The Morgan fingerprint density at radius 2 is 2.00 bits per heavy atom. The molecule has 0 bridgehead atoms. The maximum absolute atomic E-state index is 6.17. The number of nitrogens with zero attached hydrogens (tertiary/aromatic N) is 3. The molecule has 2 rings (SSSR count). The number of aromatic nitrogens is 3. The van der Waals surface area contributed by atoms with Crippen LogP contribution in [0.15, 0.2) is 18.2 Å². The summed E-state index contributed by atoms with van der Waals surface area (Å²) >= 11 is 8.37. The van der Waals surface area contributed by atoms with Crippen molar-refractivity contribution in [3.8, 4) is 6.01 Å². The van der Waals surface area contributed by atoms with Gasteiger partial charge in [0.25, 0.3) is 0 Å². The first-order valence-corrected chi connectivity index (χ1v) is 7.34. The highest BCUT2D eigenvalue weighted by Gasteiger charge is 2.08. The summed E-state index contributed by atoms with van der Waals surface area (Å²) in [5, 5.41) is 6.67. The van der Waals surface area contributed by atoms with Crippen LogP contribution in [0.5, 0.6) is 6.01 Å². The third-order valence-electron chi connectivity index (χ3n) is 2.31. The number of benzene rings is 1. The number of methoxy groups -OCH3 is 1. The van der Waals surface area contributed by atoms with Crippen molar-refractivity contribution >= 4 is 51.8 Å². The van der Waals surface area contributed by atoms with Gasteiger partial charge in [-0.1, -0.05) is 11.6 Å². The van der Waals surface area contributed by atoms with Crippen molar-refractivity contribution in [3.63, 3.8) is 0 Å². The molecule has 0 aliphatic heterocycles. The first kappa shape index (κ1) is 15.0. The Morgan fingerprint density at radius 1 is 1.25 bits per heavy atom. The summed E-state index contributed by atoms with van der Waals surface area (Å²) < 4.78 is 6.11. The summed E-state index contributed by atoms with van der Waals surface area (Å²) in [6, 6.07) is 5.90. The molecule has 0 fully saturated rings. The summed E-state index contributed by atoms with van der Waals surface area (Å²) in [5.74, 6) is 0.819. The van der Waals surface area contributed by atoms with Gasteiger partial charge >= 0.3 is 6.01 Å². The fraction of sp³-hybridized carbons (Fsp3) is 0.250. The van der Waals surface area contributed by atoms with Gasteiger partial charge < -0.3 is 15.4 Å². The molecule has 0 aliphatic rings. The van der Waals surface area contributed by atoms with Crippen LogP contribution in [0.25, 0.3) is 0 Å². The second-order valence-corrected chi connectivity index (χ2v) is 5.40. The summed E-state index contributed by atoms with van der Waals surface area (Å²) in [6.45, 7) is 2.66. The lowest BCUT2D eigenvalue weighted by atomic mass is 10.3. The lowest BCUT2D eigenvalue weighted by molar-refractivity contribution is 0.379. The summed E-state index contributed by atoms with van der Waals surface area (Å²) in [7, 11) is 1.51. The van der Waals surface area contributed by atoms with Crippen LogP contribution in [0.2, 0.25) is 5.02 Å². The Balaban J connectivity index is 2.29. The maximum Gasteiger partial charge on any atom is 0.322 e. The molecule has 0 spiro atoms. The van der Waals surface area contributed by atoms with Crippen LogP contribution >= 0.6 is 34.2 Å². The molecule has 0 aliphatic carbocycles. The zero-order chi connectivity index (χ0) is 14.5. The van der Waals surface area contributed by atoms with Crippen LogP contribution in [0.1, 0.15) is 6.92 Å². The van der Waals surface area contributed by atoms with Crippen LogP contribution in [0.4, 0.5) is 17.6 Å². The molecular weight excluding hydrogens is 393 g/mol. The molecule has 0 unspecified atom stereocenters. The minimum atomic E-state index is 0.236. The third kappa shape index (κ3) is 3.83. The second kappa shape index (κ2) is 6.89. The Bertz CT molecular complexity index is 610. The number of ether oxygens (including phenoxy) is 1. The van der Waals surface area contributed by atoms with Gasteiger partial charge in [0.15, 0.2) is 0 Å². The largest absolute Gasteiger partial charge is 0.467 e. The molecule has 0 saturated heterocycles. The SMILES string of the molecule is CCNc1nc(Nc2ccc(I)cc2Cl)nc(OC)n1. The molecular formula is C12H13ClIN5O. The van der Waals surface area contributed by atoms with E-state index >= 15 is 0 Å². The van der Waals surface area contributed by atoms with E-state index in [9.17, 15) is 0 Å². The van der Waals surface area contributed by atoms with Gasteiger partial charge in [0, 0.05) is 10.1 Å². The summed E-state index contributed by atoms with van der Waals surface area (Å²) in [5.41, 5.74) is 0.725. The van der Waals surface area contributed by atoms with E-state index in [0.717, 1.165) is 9.26 Å². The van der Waals surface area contributed by atoms with Crippen molar-refractivity contribution in [3.05, 3.63) is 26.8 Å². The fourth-order valence-electron chi connectivity index (χ4n) is 1.45. The number of hydrogen-bond acceptors (Lipinski definition) is 6. The van der Waals surface area contributed by atoms with Gasteiger partial charge in [0.05, 0.1) is 17.8 Å². The second-order valence-electron chi connectivity index (χ2n) is 3.75. The maximum atomic E-state index is 6.17. The van der Waals surface area contributed by atoms with Crippen molar-refractivity contribution in [2.24, 2.45) is 0 Å². The van der Waals surface area contributed by atoms with Crippen LogP contribution in [-0.4, -0.2) is 28.6 Å². The van der Waals surface area contributed by atoms with Crippen molar-refractivity contribution in [1.29, 1.82) is 0 Å². The molecule has 1 aromatic carbocycles. The fourth-order valence-corrected chi connectivity index (χ4v) is 2.36. The highest BCUT2D eigenvalue weighted by atomic mass is 127. The van der Waals surface area contributed by atoms with Gasteiger partial charge in [-0.05, 0) is 47.7 Å². The normalized spacial score (nSPS) is 10.2. The third-order valence-corrected chi connectivity index (χ3v) is 3.29. The number of halogens is 2. The van der Waals surface area contributed by atoms with Gasteiger partial charge in [0.1, 0.15) is 0 Å². The standard InChI is InChI=1S/C12H13ClIN5O/c1-3-15-10-17-11(19-12(18-10)20-2)16-9-5-4-7(14)6-8(9)13/h4-6H,3H2,1-2H3,(H2,15,16,17,18,19). The lowest BCUT2D eigenvalue weighted by Crippen LogP contribution is -2.08. The molecule has 0 atom stereocenters. The average molecular weight is 406 g/mol. The van der Waals surface area contributed by atoms with E-state index in [1.807, 2.05) is 25.1 Å². The smallest absolute Gasteiger partial charge is 0.322 e. The van der Waals surface area contributed by atoms with E-state index in [4.69, 9.17) is 16.3 Å². The van der Waals surface area contributed by atoms with E-state index < -0.39 is 0 Å². The molecule has 106 valence electrons. The minimum absolute atomic E-state index is 0.236. The monoisotopic (exact) mass is 405 g/mol. The van der Waals surface area contributed by atoms with Crippen LogP contribution in [0.3, 0.4) is 0 Å². The molecule has 1 aromatic heterocycles. The Morgan fingerprint density at radius 3 is 2.65 bits per heavy atom. The number of nitrogens with one attached hydrogen (secondary N) is 2. The van der Waals surface area contributed by atoms with Gasteiger partial charge in [-0.15, -0.1) is 0 Å². The van der Waals surface area contributed by atoms with Crippen molar-refractivity contribution in [2.45, 2.75) is 6.92 Å². The molecule has 6 nitrogen and oxygen atoms in total. The highest BCUT2D eigenvalue weighted by Crippen LogP contribution is 2.26. The predicted octanol–water partition coefficient (Wildman–Crippen LogP) is 3.31. The molecule has 2 aromatic rings. The molecule has 2 N–H and O–H groups in total. The molecule has 8 heteroatoms. The minimum Gasteiger partial charge on any atom is -0.467 e. The summed E-state index contributed by atoms with van der Waals surface area (Å²) in [4.78, 5) is 12.5. The Hall–Kier alpha value is -1.35. The van der Waals surface area contributed by atoms with Crippen LogP contribution in [-0.2, 0) is 0 Å². The topological polar surface area (TPSA) is 72.0 Å². The van der Waals surface area contributed by atoms with Crippen molar-refractivity contribution in [2.75, 3.05) is 24.3 Å². The van der Waals surface area contributed by atoms with E-state index in [1.165, 1.54) is 7.11 Å². The van der Waals surface area contributed by atoms with Gasteiger partial charge in [-0.3, -0.25) is 0 Å². The number of hydrogen-bond donors (Lipinski definition) is 2. The molecule has 0 amide bonds. The predicted molar refractivity (Wildman–Crippen MR) is 88.0 cm³/mol. The quantitative estimate of drug-likeness (QED) is 0.744. The zero-order valence-electron chi connectivity index (χ0n) is 10.9. The highest BCUT2D eigenvalue weighted by molar-refractivity contribution is 14.1. The van der Waals surface area contributed by atoms with Gasteiger partial charge in [-0.2, -0.15) is 15.0 Å². The van der Waals surface area contributed by atoms with Gasteiger partial charge in [-0.25, -0.2) is 0 Å². The van der Waals surface area contributed by atoms with Crippen LogP contribution < -0.4 is 15.4 Å². The first-order valence-electron chi connectivity index (χ1n) is 5.88. The van der Waals surface area contributed by atoms with E-state index in [0.29, 0.717) is 23.5 Å².